The number of amides is 1. The number of carbonyl (C=O) groups excluding carboxylic acids is 2. The maximum Gasteiger partial charge on any atom is 0.443 e. The van der Waals surface area contributed by atoms with Crippen molar-refractivity contribution < 1.29 is 27.5 Å². The molecule has 0 bridgehead atoms. The van der Waals surface area contributed by atoms with Gasteiger partial charge in [-0.25, -0.2) is 9.47 Å². The van der Waals surface area contributed by atoms with Crippen LogP contribution in [0.25, 0.3) is 0 Å². The Bertz CT molecular complexity index is 721. The molecule has 1 unspecified atom stereocenters. The standard InChI is InChI=1S/C14H14F3N5O3/c1-2-25-12(24)13(14(15,16)17,21-22-8-18-19-9-22)20-11(23)10-6-4-3-5-7-10/h3-9,21H,2H2,1H3,(H,20,23). The number of hydrogen-bond acceptors (Lipinski definition) is 6. The molecule has 1 heterocycles. The van der Waals surface area contributed by atoms with Gasteiger partial charge < -0.3 is 10.1 Å². The highest BCUT2D eigenvalue weighted by atomic mass is 19.4. The summed E-state index contributed by atoms with van der Waals surface area (Å²) in [6.45, 7) is 1.03. The van der Waals surface area contributed by atoms with Crippen molar-refractivity contribution in [3.63, 3.8) is 0 Å². The number of rotatable bonds is 6. The fraction of sp³-hybridized carbons (Fsp3) is 0.286. The summed E-state index contributed by atoms with van der Waals surface area (Å²) in [4.78, 5) is 24.4. The van der Waals surface area contributed by atoms with Crippen LogP contribution in [0.15, 0.2) is 43.0 Å². The summed E-state index contributed by atoms with van der Waals surface area (Å²) in [6, 6.07) is 7.15. The Balaban J connectivity index is 2.45. The highest BCUT2D eigenvalue weighted by Crippen LogP contribution is 2.31. The Kier molecular flexibility index (Phi) is 5.25. The Labute approximate surface area is 140 Å². The molecule has 1 aromatic heterocycles. The predicted molar refractivity (Wildman–Crippen MR) is 78.7 cm³/mol. The molecular formula is C14H14F3N5O3. The highest BCUT2D eigenvalue weighted by Gasteiger charge is 2.64. The Morgan fingerprint density at radius 3 is 2.28 bits per heavy atom. The van der Waals surface area contributed by atoms with Crippen molar-refractivity contribution in [2.45, 2.75) is 18.8 Å². The van der Waals surface area contributed by atoms with Gasteiger partial charge in [0.25, 0.3) is 5.91 Å². The number of carbonyl (C=O) groups is 2. The minimum absolute atomic E-state index is 0.0639. The fourth-order valence-corrected chi connectivity index (χ4v) is 1.90. The quantitative estimate of drug-likeness (QED) is 0.593. The lowest BCUT2D eigenvalue weighted by Gasteiger charge is -2.35. The summed E-state index contributed by atoms with van der Waals surface area (Å²) in [7, 11) is 0. The number of benzene rings is 1. The lowest BCUT2D eigenvalue weighted by atomic mass is 10.1. The molecule has 134 valence electrons. The lowest BCUT2D eigenvalue weighted by Crippen LogP contribution is -2.71. The van der Waals surface area contributed by atoms with Gasteiger partial charge in [0.05, 0.1) is 6.61 Å². The van der Waals surface area contributed by atoms with Crippen LogP contribution in [0.5, 0.6) is 0 Å². The van der Waals surface area contributed by atoms with Crippen molar-refractivity contribution in [1.82, 2.24) is 20.2 Å². The van der Waals surface area contributed by atoms with Gasteiger partial charge in [0.2, 0.25) is 0 Å². The van der Waals surface area contributed by atoms with Gasteiger partial charge in [0, 0.05) is 5.56 Å². The van der Waals surface area contributed by atoms with Crippen LogP contribution >= 0.6 is 0 Å². The van der Waals surface area contributed by atoms with Crippen molar-refractivity contribution in [2.24, 2.45) is 0 Å². The van der Waals surface area contributed by atoms with Crippen molar-refractivity contribution in [2.75, 3.05) is 12.0 Å². The first kappa shape index (κ1) is 18.2. The molecule has 11 heteroatoms. The van der Waals surface area contributed by atoms with Gasteiger partial charge in [-0.1, -0.05) is 18.2 Å². The number of hydrogen-bond donors (Lipinski definition) is 2. The lowest BCUT2D eigenvalue weighted by molar-refractivity contribution is -0.206. The van der Waals surface area contributed by atoms with E-state index in [-0.39, 0.29) is 12.2 Å². The molecule has 0 saturated carbocycles. The van der Waals surface area contributed by atoms with E-state index in [4.69, 9.17) is 0 Å². The molecule has 25 heavy (non-hydrogen) atoms. The molecule has 1 amide bonds. The van der Waals surface area contributed by atoms with Gasteiger partial charge in [0.15, 0.2) is 0 Å². The molecular weight excluding hydrogens is 343 g/mol. The maximum atomic E-state index is 13.8. The average Bonchev–Trinajstić information content (AvgIpc) is 3.07. The number of aromatic nitrogens is 3. The van der Waals surface area contributed by atoms with E-state index in [1.807, 2.05) is 5.43 Å². The van der Waals surface area contributed by atoms with Gasteiger partial charge in [0.1, 0.15) is 12.7 Å². The van der Waals surface area contributed by atoms with Crippen molar-refractivity contribution in [1.29, 1.82) is 0 Å². The molecule has 0 fully saturated rings. The molecule has 1 atom stereocenters. The maximum absolute atomic E-state index is 13.8. The van der Waals surface area contributed by atoms with Gasteiger partial charge in [-0.3, -0.25) is 10.2 Å². The summed E-state index contributed by atoms with van der Waals surface area (Å²) in [6.07, 6.45) is -3.43. The van der Waals surface area contributed by atoms with Crippen LogP contribution in [0.1, 0.15) is 17.3 Å². The van der Waals surface area contributed by atoms with E-state index in [1.54, 1.807) is 11.4 Å². The van der Waals surface area contributed by atoms with Crippen LogP contribution in [0, 0.1) is 0 Å². The van der Waals surface area contributed by atoms with Gasteiger partial charge >= 0.3 is 17.8 Å². The summed E-state index contributed by atoms with van der Waals surface area (Å²) >= 11 is 0. The van der Waals surface area contributed by atoms with E-state index in [0.717, 1.165) is 12.7 Å². The minimum atomic E-state index is -5.23. The fourth-order valence-electron chi connectivity index (χ4n) is 1.90. The zero-order valence-electron chi connectivity index (χ0n) is 12.9. The molecule has 2 rings (SSSR count). The molecule has 8 nitrogen and oxygen atoms in total. The number of halogens is 3. The van der Waals surface area contributed by atoms with Crippen LogP contribution in [-0.4, -0.2) is 45.2 Å². The van der Waals surface area contributed by atoms with Crippen molar-refractivity contribution >= 4 is 11.9 Å². The first-order valence-electron chi connectivity index (χ1n) is 7.04. The van der Waals surface area contributed by atoms with Crippen LogP contribution < -0.4 is 10.7 Å². The second-order valence-corrected chi connectivity index (χ2v) is 4.77. The molecule has 0 radical (unpaired) electrons. The molecule has 2 N–H and O–H groups in total. The highest BCUT2D eigenvalue weighted by molar-refractivity contribution is 5.98. The molecule has 2 aromatic rings. The molecule has 0 aliphatic heterocycles. The predicted octanol–water partition coefficient (Wildman–Crippen LogP) is 1.07. The molecule has 0 spiro atoms. The van der Waals surface area contributed by atoms with Crippen LogP contribution in [0.2, 0.25) is 0 Å². The van der Waals surface area contributed by atoms with E-state index < -0.39 is 23.7 Å². The molecule has 0 aliphatic rings. The third kappa shape index (κ3) is 3.87. The summed E-state index contributed by atoms with van der Waals surface area (Å²) in [5, 5.41) is 8.38. The second kappa shape index (κ2) is 7.20. The number of ether oxygens (including phenoxy) is 1. The molecule has 0 saturated heterocycles. The van der Waals surface area contributed by atoms with Gasteiger partial charge in [-0.05, 0) is 19.1 Å². The van der Waals surface area contributed by atoms with Gasteiger partial charge in [-0.2, -0.15) is 13.2 Å². The van der Waals surface area contributed by atoms with Crippen molar-refractivity contribution in [3.8, 4) is 0 Å². The second-order valence-electron chi connectivity index (χ2n) is 4.77. The van der Waals surface area contributed by atoms with Crippen LogP contribution in [0.4, 0.5) is 13.2 Å². The smallest absolute Gasteiger partial charge is 0.443 e. The number of nitrogens with one attached hydrogen (secondary N) is 2. The first-order valence-corrected chi connectivity index (χ1v) is 7.04. The molecule has 0 aliphatic carbocycles. The third-order valence-corrected chi connectivity index (χ3v) is 3.06. The SMILES string of the molecule is CCOC(=O)C(NC(=O)c1ccccc1)(Nn1cnnc1)C(F)(F)F. The van der Waals surface area contributed by atoms with Crippen LogP contribution in [-0.2, 0) is 9.53 Å². The Hall–Kier alpha value is -3.11. The van der Waals surface area contributed by atoms with Crippen LogP contribution in [0.3, 0.4) is 0 Å². The zero-order chi connectivity index (χ0) is 18.5. The Morgan fingerprint density at radius 2 is 1.76 bits per heavy atom. The molecule has 1 aromatic carbocycles. The summed E-state index contributed by atoms with van der Waals surface area (Å²) in [5.74, 6) is -2.84. The Morgan fingerprint density at radius 1 is 1.16 bits per heavy atom. The van der Waals surface area contributed by atoms with Gasteiger partial charge in [-0.15, -0.1) is 10.2 Å². The summed E-state index contributed by atoms with van der Waals surface area (Å²) < 4.78 is 46.6. The first-order chi connectivity index (χ1) is 11.8. The number of esters is 1. The average molecular weight is 357 g/mol. The largest absolute Gasteiger partial charge is 0.463 e. The summed E-state index contributed by atoms with van der Waals surface area (Å²) in [5.41, 5.74) is -1.74. The zero-order valence-corrected chi connectivity index (χ0v) is 12.9. The van der Waals surface area contributed by atoms with Crippen molar-refractivity contribution in [3.05, 3.63) is 48.5 Å². The van der Waals surface area contributed by atoms with E-state index in [9.17, 15) is 22.8 Å². The van der Waals surface area contributed by atoms with E-state index >= 15 is 0 Å². The number of alkyl halides is 3. The normalized spacial score (nSPS) is 13.6. The van der Waals surface area contributed by atoms with E-state index in [0.29, 0.717) is 4.68 Å². The topological polar surface area (TPSA) is 98.1 Å². The monoisotopic (exact) mass is 357 g/mol. The third-order valence-electron chi connectivity index (χ3n) is 3.06. The van der Waals surface area contributed by atoms with E-state index in [1.165, 1.54) is 31.2 Å². The number of nitrogens with zero attached hydrogens (tertiary/aromatic N) is 3. The minimum Gasteiger partial charge on any atom is -0.463 e. The van der Waals surface area contributed by atoms with E-state index in [2.05, 4.69) is 14.9 Å².